The number of likely N-dealkylation sites (N-methyl/N-ethyl adjacent to an activating group) is 1. The fourth-order valence-electron chi connectivity index (χ4n) is 4.52. The molecule has 1 aromatic rings. The summed E-state index contributed by atoms with van der Waals surface area (Å²) in [5, 5.41) is 6.15. The van der Waals surface area contributed by atoms with Crippen molar-refractivity contribution in [3.05, 3.63) is 21.9 Å². The molecular formula is C18H30N2S. The van der Waals surface area contributed by atoms with Crippen LogP contribution in [0.3, 0.4) is 0 Å². The third-order valence-electron chi connectivity index (χ3n) is 5.56. The van der Waals surface area contributed by atoms with Crippen molar-refractivity contribution in [2.24, 2.45) is 0 Å². The predicted octanol–water partition coefficient (Wildman–Crippen LogP) is 4.51. The van der Waals surface area contributed by atoms with Gasteiger partial charge in [-0.15, -0.1) is 11.3 Å². The van der Waals surface area contributed by atoms with E-state index in [9.17, 15) is 0 Å². The van der Waals surface area contributed by atoms with Gasteiger partial charge in [-0.3, -0.25) is 4.90 Å². The van der Waals surface area contributed by atoms with Gasteiger partial charge in [-0.2, -0.15) is 0 Å². The van der Waals surface area contributed by atoms with E-state index in [1.54, 1.807) is 4.88 Å². The van der Waals surface area contributed by atoms with Crippen LogP contribution in [0.4, 0.5) is 0 Å². The lowest BCUT2D eigenvalue weighted by Crippen LogP contribution is -2.56. The largest absolute Gasteiger partial charge is 0.308 e. The van der Waals surface area contributed by atoms with Gasteiger partial charge in [0.2, 0.25) is 0 Å². The van der Waals surface area contributed by atoms with E-state index < -0.39 is 0 Å². The molecule has 2 heterocycles. The quantitative estimate of drug-likeness (QED) is 0.861. The molecule has 0 bridgehead atoms. The number of hydrogen-bond acceptors (Lipinski definition) is 3. The van der Waals surface area contributed by atoms with Crippen molar-refractivity contribution >= 4 is 11.3 Å². The van der Waals surface area contributed by atoms with E-state index in [0.29, 0.717) is 11.6 Å². The second kappa shape index (κ2) is 6.80. The van der Waals surface area contributed by atoms with E-state index in [4.69, 9.17) is 0 Å². The highest BCUT2D eigenvalue weighted by Gasteiger charge is 2.47. The van der Waals surface area contributed by atoms with Crippen LogP contribution >= 0.6 is 11.3 Å². The van der Waals surface area contributed by atoms with Gasteiger partial charge in [0.05, 0.1) is 6.04 Å². The molecule has 1 N–H and O–H groups in total. The average Bonchev–Trinajstić information content (AvgIpc) is 3.16. The molecule has 2 fully saturated rings. The first-order chi connectivity index (χ1) is 10.3. The monoisotopic (exact) mass is 306 g/mol. The zero-order chi connectivity index (χ0) is 14.7. The van der Waals surface area contributed by atoms with Gasteiger partial charge < -0.3 is 5.32 Å². The molecule has 1 aromatic heterocycles. The van der Waals surface area contributed by atoms with Crippen molar-refractivity contribution in [2.45, 2.75) is 70.4 Å². The summed E-state index contributed by atoms with van der Waals surface area (Å²) < 4.78 is 0. The van der Waals surface area contributed by atoms with Crippen molar-refractivity contribution < 1.29 is 0 Å². The Morgan fingerprint density at radius 2 is 1.90 bits per heavy atom. The molecule has 0 radical (unpaired) electrons. The summed E-state index contributed by atoms with van der Waals surface area (Å²) >= 11 is 1.96. The first kappa shape index (κ1) is 15.5. The molecule has 0 aromatic carbocycles. The zero-order valence-corrected chi connectivity index (χ0v) is 14.5. The molecule has 1 aliphatic heterocycles. The van der Waals surface area contributed by atoms with Crippen LogP contribution in [0.2, 0.25) is 0 Å². The highest BCUT2D eigenvalue weighted by molar-refractivity contribution is 7.10. The zero-order valence-electron chi connectivity index (χ0n) is 13.7. The Labute approximate surface area is 133 Å². The molecule has 21 heavy (non-hydrogen) atoms. The van der Waals surface area contributed by atoms with Gasteiger partial charge in [-0.05, 0) is 69.3 Å². The number of nitrogens with zero attached hydrogens (tertiary/aromatic N) is 1. The predicted molar refractivity (Wildman–Crippen MR) is 92.1 cm³/mol. The van der Waals surface area contributed by atoms with E-state index in [0.717, 1.165) is 6.54 Å². The highest BCUT2D eigenvalue weighted by atomic mass is 32.1. The van der Waals surface area contributed by atoms with Gasteiger partial charge in [0.1, 0.15) is 0 Å². The summed E-state index contributed by atoms with van der Waals surface area (Å²) in [5.41, 5.74) is 1.86. The summed E-state index contributed by atoms with van der Waals surface area (Å²) in [6.45, 7) is 8.24. The Hall–Kier alpha value is -0.380. The fraction of sp³-hybridized carbons (Fsp3) is 0.778. The van der Waals surface area contributed by atoms with E-state index >= 15 is 0 Å². The van der Waals surface area contributed by atoms with Crippen molar-refractivity contribution in [1.82, 2.24) is 10.2 Å². The maximum atomic E-state index is 3.87. The second-order valence-corrected chi connectivity index (χ2v) is 7.76. The smallest absolute Gasteiger partial charge is 0.0604 e. The van der Waals surface area contributed by atoms with Crippen molar-refractivity contribution in [3.63, 3.8) is 0 Å². The third kappa shape index (κ3) is 2.93. The van der Waals surface area contributed by atoms with Crippen LogP contribution in [0.5, 0.6) is 0 Å². The maximum Gasteiger partial charge on any atom is 0.0604 e. The minimum atomic E-state index is 0.381. The molecule has 2 aliphatic rings. The normalized spacial score (nSPS) is 24.3. The van der Waals surface area contributed by atoms with Crippen LogP contribution in [0.1, 0.15) is 68.4 Å². The Kier molecular flexibility index (Phi) is 5.03. The lowest BCUT2D eigenvalue weighted by Gasteiger charge is -2.48. The molecule has 3 rings (SSSR count). The van der Waals surface area contributed by atoms with Crippen LogP contribution < -0.4 is 5.32 Å². The average molecular weight is 307 g/mol. The summed E-state index contributed by atoms with van der Waals surface area (Å²) in [4.78, 5) is 4.44. The maximum absolute atomic E-state index is 3.87. The van der Waals surface area contributed by atoms with Crippen LogP contribution in [0.15, 0.2) is 11.4 Å². The van der Waals surface area contributed by atoms with E-state index in [1.807, 2.05) is 11.3 Å². The lowest BCUT2D eigenvalue weighted by molar-refractivity contribution is 0.0374. The molecule has 0 spiro atoms. The van der Waals surface area contributed by atoms with Crippen molar-refractivity contribution in [2.75, 3.05) is 19.6 Å². The fourth-order valence-corrected chi connectivity index (χ4v) is 5.64. The van der Waals surface area contributed by atoms with Crippen LogP contribution in [0, 0.1) is 6.92 Å². The number of likely N-dealkylation sites (tertiary alicyclic amines) is 1. The van der Waals surface area contributed by atoms with Crippen molar-refractivity contribution in [3.8, 4) is 0 Å². The Balaban J connectivity index is 1.94. The minimum absolute atomic E-state index is 0.381. The summed E-state index contributed by atoms with van der Waals surface area (Å²) in [5.74, 6) is 0. The van der Waals surface area contributed by atoms with E-state index in [2.05, 4.69) is 35.5 Å². The molecule has 1 saturated carbocycles. The Morgan fingerprint density at radius 3 is 2.48 bits per heavy atom. The Bertz CT molecular complexity index is 442. The van der Waals surface area contributed by atoms with Crippen molar-refractivity contribution in [1.29, 1.82) is 0 Å². The van der Waals surface area contributed by atoms with Crippen LogP contribution in [0.25, 0.3) is 0 Å². The minimum Gasteiger partial charge on any atom is -0.308 e. The van der Waals surface area contributed by atoms with Crippen LogP contribution in [-0.2, 0) is 0 Å². The van der Waals surface area contributed by atoms with Gasteiger partial charge in [0, 0.05) is 10.4 Å². The number of thiophene rings is 1. The molecular weight excluding hydrogens is 276 g/mol. The van der Waals surface area contributed by atoms with Crippen LogP contribution in [-0.4, -0.2) is 30.1 Å². The topological polar surface area (TPSA) is 15.3 Å². The molecule has 3 heteroatoms. The number of aryl methyl sites for hydroxylation is 1. The molecule has 2 nitrogen and oxygen atoms in total. The summed E-state index contributed by atoms with van der Waals surface area (Å²) in [7, 11) is 0. The van der Waals surface area contributed by atoms with Gasteiger partial charge in [0.25, 0.3) is 0 Å². The molecule has 0 amide bonds. The molecule has 1 unspecified atom stereocenters. The summed E-state index contributed by atoms with van der Waals surface area (Å²) in [6.07, 6.45) is 9.78. The molecule has 1 atom stereocenters. The van der Waals surface area contributed by atoms with Gasteiger partial charge in [-0.25, -0.2) is 0 Å². The highest BCUT2D eigenvalue weighted by Crippen LogP contribution is 2.47. The SMILES string of the molecule is CCNC(c1sccc1C)C1(N2CCCCC2)CCCC1. The van der Waals surface area contributed by atoms with E-state index in [-0.39, 0.29) is 0 Å². The lowest BCUT2D eigenvalue weighted by atomic mass is 9.82. The molecule has 1 aliphatic carbocycles. The first-order valence-corrected chi connectivity index (χ1v) is 9.68. The van der Waals surface area contributed by atoms with Gasteiger partial charge in [-0.1, -0.05) is 26.2 Å². The third-order valence-corrected chi connectivity index (χ3v) is 6.65. The summed E-state index contributed by atoms with van der Waals surface area (Å²) in [6, 6.07) is 2.83. The second-order valence-electron chi connectivity index (χ2n) is 6.82. The Morgan fingerprint density at radius 1 is 1.19 bits per heavy atom. The number of nitrogens with one attached hydrogen (secondary N) is 1. The van der Waals surface area contributed by atoms with Gasteiger partial charge >= 0.3 is 0 Å². The molecule has 1 saturated heterocycles. The van der Waals surface area contributed by atoms with Gasteiger partial charge in [0.15, 0.2) is 0 Å². The standard InChI is InChI=1S/C18H30N2S/c1-3-19-17(16-15(2)9-14-21-16)18(10-5-6-11-18)20-12-7-4-8-13-20/h9,14,17,19H,3-8,10-13H2,1-2H3. The number of hydrogen-bond donors (Lipinski definition) is 1. The first-order valence-electron chi connectivity index (χ1n) is 8.80. The number of piperidine rings is 1. The number of rotatable bonds is 5. The molecule has 118 valence electrons. The van der Waals surface area contributed by atoms with E-state index in [1.165, 1.54) is 63.6 Å².